The second-order valence-electron chi connectivity index (χ2n) is 10.9. The number of ether oxygens (including phenoxy) is 1. The third kappa shape index (κ3) is 5.29. The lowest BCUT2D eigenvalue weighted by atomic mass is 9.92. The quantitative estimate of drug-likeness (QED) is 0.221. The molecule has 2 fully saturated rings. The Kier molecular flexibility index (Phi) is 8.06. The van der Waals surface area contributed by atoms with Crippen LogP contribution in [-0.2, 0) is 23.5 Å². The molecular formula is C24H39N3O5SSi. The summed E-state index contributed by atoms with van der Waals surface area (Å²) in [6, 6.07) is 0. The van der Waals surface area contributed by atoms with Gasteiger partial charge < -0.3 is 14.9 Å². The average Bonchev–Trinajstić information content (AvgIpc) is 3.05. The molecule has 0 aliphatic carbocycles. The first-order valence-electron chi connectivity index (χ1n) is 12.0. The summed E-state index contributed by atoms with van der Waals surface area (Å²) in [5.41, 5.74) is 5.81. The smallest absolute Gasteiger partial charge is 0.356 e. The minimum atomic E-state index is -2.05. The van der Waals surface area contributed by atoms with Crippen molar-refractivity contribution in [1.29, 1.82) is 0 Å². The number of piperidine rings is 1. The van der Waals surface area contributed by atoms with Crippen LogP contribution in [0.15, 0.2) is 23.3 Å². The van der Waals surface area contributed by atoms with Gasteiger partial charge in [-0.3, -0.25) is 19.4 Å². The highest BCUT2D eigenvalue weighted by Crippen LogP contribution is 2.52. The Bertz CT molecular complexity index is 876. The number of rotatable bonds is 9. The fraction of sp³-hybridized carbons (Fsp3) is 0.708. The summed E-state index contributed by atoms with van der Waals surface area (Å²) in [7, 11) is -2.05. The number of nitrogens with two attached hydrogens (primary N) is 1. The fourth-order valence-corrected chi connectivity index (χ4v) is 7.51. The predicted molar refractivity (Wildman–Crippen MR) is 136 cm³/mol. The van der Waals surface area contributed by atoms with E-state index in [1.807, 2.05) is 6.92 Å². The molecule has 3 heterocycles. The molecule has 3 aliphatic heterocycles. The van der Waals surface area contributed by atoms with Crippen LogP contribution in [0.25, 0.3) is 0 Å². The van der Waals surface area contributed by atoms with Crippen LogP contribution in [0.3, 0.4) is 0 Å². The molecule has 0 aromatic rings. The normalized spacial score (nSPS) is 25.1. The van der Waals surface area contributed by atoms with E-state index in [0.717, 1.165) is 18.0 Å². The standard InChI is InChI=1S/C24H39N3O5SSi/c1-8-13-31-23(30)19-17(14-26-11-9-16(10-12-26)20(25)28)33-22-18(21(29)27(19)22)15(2)32-34(6,7)24(3,4)5/h8,15-16,18,22H,1,9-14H2,2-7H3,(H2,25,28)/t15-,18+,22-/m1/s1. The Balaban J connectivity index is 1.76. The molecule has 2 saturated heterocycles. The number of hydrogen-bond donors (Lipinski definition) is 1. The number of fused-ring (bicyclic) bond motifs is 1. The Labute approximate surface area is 208 Å². The van der Waals surface area contributed by atoms with Crippen LogP contribution in [0.1, 0.15) is 40.5 Å². The van der Waals surface area contributed by atoms with E-state index >= 15 is 0 Å². The van der Waals surface area contributed by atoms with Gasteiger partial charge in [-0.1, -0.05) is 33.4 Å². The average molecular weight is 510 g/mol. The predicted octanol–water partition coefficient (Wildman–Crippen LogP) is 3.07. The number of thioether (sulfide) groups is 1. The van der Waals surface area contributed by atoms with Gasteiger partial charge in [-0.25, -0.2) is 4.79 Å². The molecule has 34 heavy (non-hydrogen) atoms. The number of carbonyl (C=O) groups excluding carboxylic acids is 3. The second kappa shape index (κ2) is 10.2. The van der Waals surface area contributed by atoms with Crippen LogP contribution in [-0.4, -0.2) is 73.6 Å². The summed E-state index contributed by atoms with van der Waals surface area (Å²) in [4.78, 5) is 42.4. The summed E-state index contributed by atoms with van der Waals surface area (Å²) in [6.45, 7) is 18.6. The van der Waals surface area contributed by atoms with E-state index in [9.17, 15) is 14.4 Å². The topological polar surface area (TPSA) is 102 Å². The molecule has 10 heteroatoms. The monoisotopic (exact) mass is 509 g/mol. The van der Waals surface area contributed by atoms with Gasteiger partial charge in [0.05, 0.1) is 12.0 Å². The van der Waals surface area contributed by atoms with Crippen LogP contribution in [0.5, 0.6) is 0 Å². The third-order valence-corrected chi connectivity index (χ3v) is 13.5. The second-order valence-corrected chi connectivity index (χ2v) is 16.9. The number of hydrogen-bond acceptors (Lipinski definition) is 7. The van der Waals surface area contributed by atoms with Gasteiger partial charge in [0.25, 0.3) is 0 Å². The molecule has 0 saturated carbocycles. The lowest BCUT2D eigenvalue weighted by Gasteiger charge is -2.48. The van der Waals surface area contributed by atoms with Crippen molar-refractivity contribution in [1.82, 2.24) is 9.80 Å². The van der Waals surface area contributed by atoms with E-state index < -0.39 is 14.3 Å². The maximum atomic E-state index is 13.3. The maximum absolute atomic E-state index is 13.3. The van der Waals surface area contributed by atoms with Gasteiger partial charge in [0.2, 0.25) is 11.8 Å². The Morgan fingerprint density at radius 3 is 2.44 bits per heavy atom. The highest BCUT2D eigenvalue weighted by molar-refractivity contribution is 8.04. The number of nitrogens with zero attached hydrogens (tertiary/aromatic N) is 2. The number of esters is 1. The highest BCUT2D eigenvalue weighted by Gasteiger charge is 2.59. The Hall–Kier alpha value is -1.62. The van der Waals surface area contributed by atoms with Crippen molar-refractivity contribution in [2.45, 2.75) is 70.1 Å². The fourth-order valence-electron chi connectivity index (χ4n) is 4.44. The van der Waals surface area contributed by atoms with Crippen molar-refractivity contribution in [3.8, 4) is 0 Å². The molecule has 0 aromatic heterocycles. The number of likely N-dealkylation sites (tertiary alicyclic amines) is 1. The zero-order valence-corrected chi connectivity index (χ0v) is 23.1. The lowest BCUT2D eigenvalue weighted by Crippen LogP contribution is -2.62. The van der Waals surface area contributed by atoms with Crippen LogP contribution in [0, 0.1) is 11.8 Å². The summed E-state index contributed by atoms with van der Waals surface area (Å²) >= 11 is 1.56. The van der Waals surface area contributed by atoms with Crippen molar-refractivity contribution >= 4 is 37.9 Å². The van der Waals surface area contributed by atoms with E-state index in [-0.39, 0.29) is 46.8 Å². The van der Waals surface area contributed by atoms with Crippen molar-refractivity contribution in [2.24, 2.45) is 17.6 Å². The first-order chi connectivity index (χ1) is 15.8. The van der Waals surface area contributed by atoms with Gasteiger partial charge >= 0.3 is 5.97 Å². The molecule has 2 N–H and O–H groups in total. The number of carbonyl (C=O) groups is 3. The zero-order chi connectivity index (χ0) is 25.4. The van der Waals surface area contributed by atoms with E-state index in [0.29, 0.717) is 25.1 Å². The molecule has 8 nitrogen and oxygen atoms in total. The Morgan fingerprint density at radius 1 is 1.29 bits per heavy atom. The van der Waals surface area contributed by atoms with Gasteiger partial charge in [-0.05, 0) is 51.0 Å². The molecule has 2 amide bonds. The first kappa shape index (κ1) is 27.0. The lowest BCUT2D eigenvalue weighted by molar-refractivity contribution is -0.157. The molecule has 190 valence electrons. The van der Waals surface area contributed by atoms with Crippen molar-refractivity contribution in [2.75, 3.05) is 26.2 Å². The van der Waals surface area contributed by atoms with Gasteiger partial charge in [-0.15, -0.1) is 11.8 Å². The minimum absolute atomic E-state index is 0.0384. The number of primary amides is 1. The van der Waals surface area contributed by atoms with E-state index in [1.54, 1.807) is 16.7 Å². The molecule has 3 aliphatic rings. The molecular weight excluding hydrogens is 470 g/mol. The molecule has 0 unspecified atom stereocenters. The van der Waals surface area contributed by atoms with Gasteiger partial charge in [0.1, 0.15) is 17.7 Å². The third-order valence-electron chi connectivity index (χ3n) is 7.53. The van der Waals surface area contributed by atoms with E-state index in [4.69, 9.17) is 14.9 Å². The van der Waals surface area contributed by atoms with Gasteiger partial charge in [0, 0.05) is 17.4 Å². The summed E-state index contributed by atoms with van der Waals surface area (Å²) < 4.78 is 11.9. The van der Waals surface area contributed by atoms with Gasteiger partial charge in [0.15, 0.2) is 8.32 Å². The zero-order valence-electron chi connectivity index (χ0n) is 21.3. The van der Waals surface area contributed by atoms with Crippen molar-refractivity contribution in [3.63, 3.8) is 0 Å². The molecule has 3 rings (SSSR count). The number of amides is 2. The Morgan fingerprint density at radius 2 is 1.91 bits per heavy atom. The summed E-state index contributed by atoms with van der Waals surface area (Å²) in [6.07, 6.45) is 2.69. The van der Waals surface area contributed by atoms with Crippen LogP contribution >= 0.6 is 11.8 Å². The molecule has 3 atom stereocenters. The minimum Gasteiger partial charge on any atom is -0.457 e. The van der Waals surface area contributed by atoms with Crippen LogP contribution in [0.2, 0.25) is 18.1 Å². The largest absolute Gasteiger partial charge is 0.457 e. The number of β-lactam (4-membered cyclic amide) rings is 1. The van der Waals surface area contributed by atoms with Gasteiger partial charge in [-0.2, -0.15) is 0 Å². The summed E-state index contributed by atoms with van der Waals surface area (Å²) in [5, 5.41) is -0.131. The summed E-state index contributed by atoms with van der Waals surface area (Å²) in [5.74, 6) is -1.24. The molecule has 0 bridgehead atoms. The SMILES string of the molecule is C=CCOC(=O)C1=C(CN2CCC(C(N)=O)CC2)S[C@@H]2[C@@H]([C@@H](C)O[Si](C)(C)C(C)(C)C)C(=O)N12. The van der Waals surface area contributed by atoms with E-state index in [1.165, 1.54) is 6.08 Å². The molecule has 0 spiro atoms. The van der Waals surface area contributed by atoms with Crippen LogP contribution < -0.4 is 5.73 Å². The van der Waals surface area contributed by atoms with Crippen molar-refractivity contribution in [3.05, 3.63) is 23.3 Å². The maximum Gasteiger partial charge on any atom is 0.356 e. The van der Waals surface area contributed by atoms with Crippen molar-refractivity contribution < 1.29 is 23.5 Å². The van der Waals surface area contributed by atoms with Crippen LogP contribution in [0.4, 0.5) is 0 Å². The highest BCUT2D eigenvalue weighted by atomic mass is 32.2. The molecule has 0 radical (unpaired) electrons. The first-order valence-corrected chi connectivity index (χ1v) is 15.8. The molecule has 0 aromatic carbocycles. The van der Waals surface area contributed by atoms with E-state index in [2.05, 4.69) is 45.3 Å².